The van der Waals surface area contributed by atoms with Crippen LogP contribution < -0.4 is 5.32 Å². The average molecular weight is 191 g/mol. The molecule has 1 heterocycles. The lowest BCUT2D eigenvalue weighted by Gasteiger charge is -2.21. The molecule has 0 aliphatic carbocycles. The Labute approximate surface area is 77.0 Å². The fourth-order valence-electron chi connectivity index (χ4n) is 1.55. The van der Waals surface area contributed by atoms with Gasteiger partial charge in [0.1, 0.15) is 0 Å². The third kappa shape index (κ3) is 2.89. The van der Waals surface area contributed by atoms with E-state index in [0.29, 0.717) is 19.5 Å². The van der Waals surface area contributed by atoms with Crippen molar-refractivity contribution in [3.8, 4) is 0 Å². The Balaban J connectivity index is 2.48. The molecule has 0 aromatic rings. The Morgan fingerprint density at radius 3 is 2.54 bits per heavy atom. The molecule has 5 nitrogen and oxygen atoms in total. The first-order valence-electron chi connectivity index (χ1n) is 4.51. The molecule has 78 valence electrons. The Kier molecular flexibility index (Phi) is 4.08. The largest absolute Gasteiger partial charge is 0.394 e. The Hall–Kier alpha value is -0.200. The van der Waals surface area contributed by atoms with E-state index in [1.807, 2.05) is 0 Å². The summed E-state index contributed by atoms with van der Waals surface area (Å²) in [6, 6.07) is 0. The van der Waals surface area contributed by atoms with Gasteiger partial charge in [-0.15, -0.1) is 0 Å². The van der Waals surface area contributed by atoms with E-state index in [9.17, 15) is 15.3 Å². The van der Waals surface area contributed by atoms with Crippen LogP contribution in [0.3, 0.4) is 0 Å². The van der Waals surface area contributed by atoms with Crippen LogP contribution in [0.2, 0.25) is 0 Å². The summed E-state index contributed by atoms with van der Waals surface area (Å²) in [7, 11) is 0. The molecule has 1 aliphatic heterocycles. The highest BCUT2D eigenvalue weighted by atomic mass is 16.3. The molecule has 1 aliphatic rings. The molecule has 0 saturated carbocycles. The predicted octanol–water partition coefficient (Wildman–Crippen LogP) is -2.33. The number of nitrogens with one attached hydrogen (secondary N) is 1. The Bertz CT molecular complexity index is 155. The van der Waals surface area contributed by atoms with Gasteiger partial charge in [0.05, 0.1) is 24.9 Å². The zero-order valence-electron chi connectivity index (χ0n) is 7.43. The molecule has 4 atom stereocenters. The minimum absolute atomic E-state index is 0.197. The highest BCUT2D eigenvalue weighted by Gasteiger charge is 2.28. The van der Waals surface area contributed by atoms with E-state index < -0.39 is 18.3 Å². The predicted molar refractivity (Wildman–Crippen MR) is 46.1 cm³/mol. The van der Waals surface area contributed by atoms with Crippen molar-refractivity contribution in [3.05, 3.63) is 0 Å². The number of aliphatic hydroxyl groups excluding tert-OH is 4. The SMILES string of the molecule is OCC(O)C1CNCC(O)C(O)C1. The van der Waals surface area contributed by atoms with Crippen molar-refractivity contribution in [1.82, 2.24) is 5.32 Å². The lowest BCUT2D eigenvalue weighted by Crippen LogP contribution is -2.32. The minimum Gasteiger partial charge on any atom is -0.394 e. The molecule has 5 heteroatoms. The van der Waals surface area contributed by atoms with Crippen LogP contribution in [-0.2, 0) is 0 Å². The maximum Gasteiger partial charge on any atom is 0.0923 e. The van der Waals surface area contributed by atoms with Gasteiger partial charge in [-0.1, -0.05) is 0 Å². The maximum absolute atomic E-state index is 9.39. The van der Waals surface area contributed by atoms with Crippen LogP contribution in [0.5, 0.6) is 0 Å². The van der Waals surface area contributed by atoms with Crippen LogP contribution in [0, 0.1) is 5.92 Å². The van der Waals surface area contributed by atoms with Crippen LogP contribution in [0.15, 0.2) is 0 Å². The summed E-state index contributed by atoms with van der Waals surface area (Å²) in [6.07, 6.45) is -2.11. The van der Waals surface area contributed by atoms with Crippen LogP contribution >= 0.6 is 0 Å². The van der Waals surface area contributed by atoms with Crippen molar-refractivity contribution in [1.29, 1.82) is 0 Å². The molecule has 0 aromatic carbocycles. The van der Waals surface area contributed by atoms with Crippen LogP contribution in [0.4, 0.5) is 0 Å². The van der Waals surface area contributed by atoms with E-state index in [4.69, 9.17) is 5.11 Å². The van der Waals surface area contributed by atoms with Crippen LogP contribution in [0.25, 0.3) is 0 Å². The summed E-state index contributed by atoms with van der Waals surface area (Å²) in [4.78, 5) is 0. The van der Waals surface area contributed by atoms with E-state index in [1.54, 1.807) is 0 Å². The molecule has 0 bridgehead atoms. The van der Waals surface area contributed by atoms with Crippen molar-refractivity contribution >= 4 is 0 Å². The Morgan fingerprint density at radius 2 is 1.92 bits per heavy atom. The molecule has 0 spiro atoms. The van der Waals surface area contributed by atoms with E-state index >= 15 is 0 Å². The van der Waals surface area contributed by atoms with E-state index in [2.05, 4.69) is 5.32 Å². The molecule has 5 N–H and O–H groups in total. The molecule has 13 heavy (non-hydrogen) atoms. The number of hydrogen-bond acceptors (Lipinski definition) is 5. The average Bonchev–Trinajstić information content (AvgIpc) is 2.28. The number of β-amino-alcohol motifs (C(OH)–C–C–N with tert-alkyl or cyclic N) is 1. The minimum atomic E-state index is -0.826. The second-order valence-corrected chi connectivity index (χ2v) is 3.54. The third-order valence-corrected chi connectivity index (χ3v) is 2.48. The van der Waals surface area contributed by atoms with Crippen molar-refractivity contribution in [2.75, 3.05) is 19.7 Å². The fraction of sp³-hybridized carbons (Fsp3) is 1.00. The second kappa shape index (κ2) is 4.88. The molecule has 0 aromatic heterocycles. The topological polar surface area (TPSA) is 93.0 Å². The first-order valence-corrected chi connectivity index (χ1v) is 4.51. The van der Waals surface area contributed by atoms with Gasteiger partial charge >= 0.3 is 0 Å². The molecule has 1 fully saturated rings. The number of aliphatic hydroxyl groups is 4. The van der Waals surface area contributed by atoms with E-state index in [1.165, 1.54) is 0 Å². The fourth-order valence-corrected chi connectivity index (χ4v) is 1.55. The Morgan fingerprint density at radius 1 is 1.23 bits per heavy atom. The molecular weight excluding hydrogens is 174 g/mol. The molecule has 4 unspecified atom stereocenters. The van der Waals surface area contributed by atoms with Gasteiger partial charge in [-0.3, -0.25) is 0 Å². The van der Waals surface area contributed by atoms with Gasteiger partial charge in [-0.2, -0.15) is 0 Å². The standard InChI is InChI=1S/C8H17NO4/c10-4-8(13)5-1-6(11)7(12)3-9-2-5/h5-13H,1-4H2. The first-order chi connectivity index (χ1) is 6.15. The monoisotopic (exact) mass is 191 g/mol. The highest BCUT2D eigenvalue weighted by molar-refractivity contribution is 4.82. The molecular formula is C8H17NO4. The van der Waals surface area contributed by atoms with Crippen molar-refractivity contribution in [2.24, 2.45) is 5.92 Å². The molecule has 1 rings (SSSR count). The van der Waals surface area contributed by atoms with Crippen molar-refractivity contribution < 1.29 is 20.4 Å². The van der Waals surface area contributed by atoms with E-state index in [-0.39, 0.29) is 12.5 Å². The van der Waals surface area contributed by atoms with Gasteiger partial charge in [0.2, 0.25) is 0 Å². The quantitative estimate of drug-likeness (QED) is 0.337. The van der Waals surface area contributed by atoms with Gasteiger partial charge in [0, 0.05) is 19.0 Å². The van der Waals surface area contributed by atoms with Crippen LogP contribution in [0.1, 0.15) is 6.42 Å². The smallest absolute Gasteiger partial charge is 0.0923 e. The summed E-state index contributed by atoms with van der Waals surface area (Å²) < 4.78 is 0. The molecule has 0 amide bonds. The number of rotatable bonds is 2. The van der Waals surface area contributed by atoms with Crippen molar-refractivity contribution in [3.63, 3.8) is 0 Å². The number of hydrogen-bond donors (Lipinski definition) is 5. The summed E-state index contributed by atoms with van der Waals surface area (Å²) in [5.74, 6) is -0.197. The van der Waals surface area contributed by atoms with Gasteiger partial charge < -0.3 is 25.7 Å². The third-order valence-electron chi connectivity index (χ3n) is 2.48. The molecule has 0 radical (unpaired) electrons. The molecule has 1 saturated heterocycles. The lowest BCUT2D eigenvalue weighted by molar-refractivity contribution is -0.00681. The summed E-state index contributed by atoms with van der Waals surface area (Å²) in [6.45, 7) is 0.529. The summed E-state index contributed by atoms with van der Waals surface area (Å²) in [5.41, 5.74) is 0. The van der Waals surface area contributed by atoms with E-state index in [0.717, 1.165) is 0 Å². The van der Waals surface area contributed by atoms with Gasteiger partial charge in [-0.25, -0.2) is 0 Å². The summed E-state index contributed by atoms with van der Waals surface area (Å²) >= 11 is 0. The van der Waals surface area contributed by atoms with Crippen molar-refractivity contribution in [2.45, 2.75) is 24.7 Å². The zero-order valence-corrected chi connectivity index (χ0v) is 7.43. The lowest BCUT2D eigenvalue weighted by atomic mass is 9.95. The second-order valence-electron chi connectivity index (χ2n) is 3.54. The van der Waals surface area contributed by atoms with Gasteiger partial charge in [-0.05, 0) is 6.42 Å². The van der Waals surface area contributed by atoms with Gasteiger partial charge in [0.15, 0.2) is 0 Å². The summed E-state index contributed by atoms with van der Waals surface area (Å²) in [5, 5.41) is 39.6. The normalized spacial score (nSPS) is 38.3. The zero-order chi connectivity index (χ0) is 9.84. The van der Waals surface area contributed by atoms with Gasteiger partial charge in [0.25, 0.3) is 0 Å². The van der Waals surface area contributed by atoms with Crippen LogP contribution in [-0.4, -0.2) is 58.4 Å². The maximum atomic E-state index is 9.39. The highest BCUT2D eigenvalue weighted by Crippen LogP contribution is 2.15. The first kappa shape index (κ1) is 10.9.